The van der Waals surface area contributed by atoms with Crippen molar-refractivity contribution in [2.45, 2.75) is 6.54 Å². The maximum atomic E-state index is 13.2. The fourth-order valence-corrected chi connectivity index (χ4v) is 3.58. The summed E-state index contributed by atoms with van der Waals surface area (Å²) < 4.78 is 6.62. The molecule has 5 aromatic rings. The highest BCUT2D eigenvalue weighted by Gasteiger charge is 2.24. The summed E-state index contributed by atoms with van der Waals surface area (Å²) in [5.74, 6) is 0.542. The number of carbonyl (C=O) groups is 1. The van der Waals surface area contributed by atoms with Crippen LogP contribution in [0.15, 0.2) is 78.2 Å². The molecular weight excluding hydrogens is 430 g/mol. The van der Waals surface area contributed by atoms with E-state index in [1.54, 1.807) is 25.7 Å². The van der Waals surface area contributed by atoms with Crippen LogP contribution in [0.4, 0.5) is 5.82 Å². The molecule has 3 heterocycles. The number of amides is 1. The van der Waals surface area contributed by atoms with E-state index < -0.39 is 0 Å². The van der Waals surface area contributed by atoms with Gasteiger partial charge in [-0.25, -0.2) is 9.97 Å². The number of nitrogens with two attached hydrogens (primary N) is 1. The van der Waals surface area contributed by atoms with Crippen molar-refractivity contribution in [2.24, 2.45) is 5.10 Å². The first kappa shape index (κ1) is 21.1. The van der Waals surface area contributed by atoms with E-state index in [0.717, 1.165) is 16.9 Å². The van der Waals surface area contributed by atoms with Gasteiger partial charge >= 0.3 is 0 Å². The van der Waals surface area contributed by atoms with E-state index in [2.05, 4.69) is 20.4 Å². The predicted molar refractivity (Wildman–Crippen MR) is 131 cm³/mol. The molecule has 5 rings (SSSR count). The monoisotopic (exact) mass is 451 g/mol. The third-order valence-electron chi connectivity index (χ3n) is 5.34. The Kier molecular flexibility index (Phi) is 5.57. The molecule has 0 radical (unpaired) electrons. The highest BCUT2D eigenvalue weighted by Crippen LogP contribution is 2.28. The minimum atomic E-state index is -0.360. The van der Waals surface area contributed by atoms with Gasteiger partial charge in [-0.1, -0.05) is 24.3 Å². The topological polar surface area (TPSA) is 120 Å². The highest BCUT2D eigenvalue weighted by atomic mass is 16.5. The number of para-hydroxylation sites is 2. The molecule has 0 spiro atoms. The first-order chi connectivity index (χ1) is 16.6. The third kappa shape index (κ3) is 4.02. The molecule has 1 amide bonds. The number of hydrogen-bond acceptors (Lipinski definition) is 7. The summed E-state index contributed by atoms with van der Waals surface area (Å²) in [6.07, 6.45) is 4.97. The van der Waals surface area contributed by atoms with E-state index in [1.807, 2.05) is 60.7 Å². The SMILES string of the molecule is COc1ccc(CNC(=O)c2c(N)n(/N=C\c3ccncc3)c3nc4ccccc4nc23)cc1. The fraction of sp³-hybridized carbons (Fsp3) is 0.0800. The Morgan fingerprint density at radius 2 is 1.76 bits per heavy atom. The van der Waals surface area contributed by atoms with Crippen LogP contribution in [0.2, 0.25) is 0 Å². The lowest BCUT2D eigenvalue weighted by Gasteiger charge is -2.06. The van der Waals surface area contributed by atoms with E-state index in [0.29, 0.717) is 28.7 Å². The minimum Gasteiger partial charge on any atom is -0.497 e. The van der Waals surface area contributed by atoms with Crippen LogP contribution in [-0.4, -0.2) is 38.9 Å². The normalized spacial score (nSPS) is 11.3. The summed E-state index contributed by atoms with van der Waals surface area (Å²) in [5, 5.41) is 7.41. The number of anilines is 1. The van der Waals surface area contributed by atoms with Gasteiger partial charge in [0.15, 0.2) is 5.65 Å². The molecule has 3 aromatic heterocycles. The number of rotatable bonds is 6. The van der Waals surface area contributed by atoms with E-state index in [4.69, 9.17) is 15.5 Å². The average Bonchev–Trinajstić information content (AvgIpc) is 3.15. The smallest absolute Gasteiger partial charge is 0.257 e. The van der Waals surface area contributed by atoms with Crippen LogP contribution in [-0.2, 0) is 6.54 Å². The average molecular weight is 451 g/mol. The fourth-order valence-electron chi connectivity index (χ4n) is 3.58. The van der Waals surface area contributed by atoms with Gasteiger partial charge in [0.2, 0.25) is 0 Å². The second-order valence-electron chi connectivity index (χ2n) is 7.51. The van der Waals surface area contributed by atoms with Crippen molar-refractivity contribution < 1.29 is 9.53 Å². The molecule has 0 saturated heterocycles. The minimum absolute atomic E-state index is 0.155. The molecule has 168 valence electrons. The summed E-state index contributed by atoms with van der Waals surface area (Å²) in [6, 6.07) is 18.5. The zero-order valence-corrected chi connectivity index (χ0v) is 18.3. The molecule has 9 heteroatoms. The van der Waals surface area contributed by atoms with Crippen LogP contribution in [0.5, 0.6) is 5.75 Å². The van der Waals surface area contributed by atoms with E-state index in [-0.39, 0.29) is 17.3 Å². The van der Waals surface area contributed by atoms with Crippen LogP contribution in [0.25, 0.3) is 22.2 Å². The van der Waals surface area contributed by atoms with E-state index in [1.165, 1.54) is 4.68 Å². The second kappa shape index (κ2) is 8.99. The van der Waals surface area contributed by atoms with Gasteiger partial charge in [0.25, 0.3) is 5.91 Å². The van der Waals surface area contributed by atoms with Gasteiger partial charge in [0.1, 0.15) is 22.6 Å². The number of fused-ring (bicyclic) bond motifs is 2. The highest BCUT2D eigenvalue weighted by molar-refractivity contribution is 6.10. The Hall–Kier alpha value is -4.79. The number of nitrogens with zero attached hydrogens (tertiary/aromatic N) is 5. The number of nitrogens with one attached hydrogen (secondary N) is 1. The van der Waals surface area contributed by atoms with Gasteiger partial charge < -0.3 is 15.8 Å². The number of ether oxygens (including phenoxy) is 1. The van der Waals surface area contributed by atoms with Crippen molar-refractivity contribution in [1.29, 1.82) is 0 Å². The number of nitrogen functional groups attached to an aromatic ring is 1. The van der Waals surface area contributed by atoms with Gasteiger partial charge in [-0.05, 0) is 47.5 Å². The van der Waals surface area contributed by atoms with E-state index in [9.17, 15) is 4.79 Å². The maximum Gasteiger partial charge on any atom is 0.257 e. The van der Waals surface area contributed by atoms with Gasteiger partial charge in [-0.2, -0.15) is 9.78 Å². The number of pyridine rings is 1. The number of hydrogen-bond donors (Lipinski definition) is 2. The number of carbonyl (C=O) groups excluding carboxylic acids is 1. The zero-order valence-electron chi connectivity index (χ0n) is 18.3. The standard InChI is InChI=1S/C25H21N7O2/c1-34-18-8-6-16(7-9-18)14-28-25(33)21-22-24(31-20-5-3-2-4-19(20)30-22)32(23(21)26)29-15-17-10-12-27-13-11-17/h2-13,15H,14,26H2,1H3,(H,28,33)/b29-15-. The lowest BCUT2D eigenvalue weighted by Crippen LogP contribution is -2.23. The third-order valence-corrected chi connectivity index (χ3v) is 5.34. The summed E-state index contributed by atoms with van der Waals surface area (Å²) >= 11 is 0. The number of benzene rings is 2. The molecule has 0 saturated carbocycles. The van der Waals surface area contributed by atoms with Crippen molar-refractivity contribution in [1.82, 2.24) is 24.9 Å². The van der Waals surface area contributed by atoms with Gasteiger partial charge in [0, 0.05) is 18.9 Å². The molecular formula is C25H21N7O2. The molecule has 9 nitrogen and oxygen atoms in total. The van der Waals surface area contributed by atoms with Crippen molar-refractivity contribution in [2.75, 3.05) is 12.8 Å². The van der Waals surface area contributed by atoms with Gasteiger partial charge in [-0.15, -0.1) is 0 Å². The van der Waals surface area contributed by atoms with E-state index >= 15 is 0 Å². The molecule has 0 bridgehead atoms. The van der Waals surface area contributed by atoms with Crippen molar-refractivity contribution in [3.63, 3.8) is 0 Å². The van der Waals surface area contributed by atoms with Crippen LogP contribution in [0.3, 0.4) is 0 Å². The number of methoxy groups -OCH3 is 1. The summed E-state index contributed by atoms with van der Waals surface area (Å²) in [5.41, 5.74) is 10.5. The molecule has 2 aromatic carbocycles. The largest absolute Gasteiger partial charge is 0.497 e. The first-order valence-corrected chi connectivity index (χ1v) is 10.6. The Bertz CT molecular complexity index is 1510. The van der Waals surface area contributed by atoms with Crippen LogP contribution in [0.1, 0.15) is 21.5 Å². The Morgan fingerprint density at radius 3 is 2.47 bits per heavy atom. The number of aromatic nitrogens is 4. The molecule has 0 aliphatic rings. The van der Waals surface area contributed by atoms with Crippen LogP contribution >= 0.6 is 0 Å². The Morgan fingerprint density at radius 1 is 1.06 bits per heavy atom. The molecule has 3 N–H and O–H groups in total. The maximum absolute atomic E-state index is 13.2. The van der Waals surface area contributed by atoms with Crippen molar-refractivity contribution in [3.05, 3.63) is 89.7 Å². The van der Waals surface area contributed by atoms with Crippen molar-refractivity contribution in [3.8, 4) is 5.75 Å². The predicted octanol–water partition coefficient (Wildman–Crippen LogP) is 3.38. The summed E-state index contributed by atoms with van der Waals surface area (Å²) in [7, 11) is 1.61. The lowest BCUT2D eigenvalue weighted by atomic mass is 10.2. The summed E-state index contributed by atoms with van der Waals surface area (Å²) in [4.78, 5) is 26.6. The Balaban J connectivity index is 1.55. The molecule has 0 aliphatic heterocycles. The van der Waals surface area contributed by atoms with Crippen LogP contribution < -0.4 is 15.8 Å². The molecule has 0 fully saturated rings. The van der Waals surface area contributed by atoms with Crippen molar-refractivity contribution >= 4 is 40.1 Å². The molecule has 0 unspecified atom stereocenters. The van der Waals surface area contributed by atoms with Crippen LogP contribution in [0, 0.1) is 0 Å². The second-order valence-corrected chi connectivity index (χ2v) is 7.51. The van der Waals surface area contributed by atoms with Gasteiger partial charge in [0.05, 0.1) is 24.4 Å². The lowest BCUT2D eigenvalue weighted by molar-refractivity contribution is 0.0953. The molecule has 34 heavy (non-hydrogen) atoms. The molecule has 0 aliphatic carbocycles. The summed E-state index contributed by atoms with van der Waals surface area (Å²) in [6.45, 7) is 0.316. The zero-order chi connectivity index (χ0) is 23.5. The molecule has 0 atom stereocenters. The first-order valence-electron chi connectivity index (χ1n) is 10.6. The Labute approximate surface area is 194 Å². The van der Waals surface area contributed by atoms with Gasteiger partial charge in [-0.3, -0.25) is 9.78 Å². The quantitative estimate of drug-likeness (QED) is 0.382.